The van der Waals surface area contributed by atoms with Crippen molar-refractivity contribution in [3.05, 3.63) is 249 Å². The van der Waals surface area contributed by atoms with Crippen molar-refractivity contribution in [2.24, 2.45) is 0 Å². The molecule has 14 aromatic rings. The number of rotatable bonds is 0. The number of aliphatic hydroxyl groups is 1. The lowest BCUT2D eigenvalue weighted by molar-refractivity contribution is 0.399. The first kappa shape index (κ1) is 77.6. The van der Waals surface area contributed by atoms with E-state index in [1.54, 1.807) is 0 Å². The number of aliphatic hydroxyl groups excluding tert-OH is 1. The standard InChI is InChI=1S/7C10H11N.C3H8.2C2H6.CH3Cl.CH3F.CH4O/c7*1-7-8(2)11-10-6-4-3-5-9(7)10;1-3-2;5*1-2/h7*3-6,11H,1-2H3;3H2,1-2H3;2*1-2H3;2*1H3;2H,1H3. The predicted molar refractivity (Wildman–Crippen MR) is 400 cm³/mol. The van der Waals surface area contributed by atoms with E-state index in [-0.39, 0.29) is 0 Å². The van der Waals surface area contributed by atoms with Gasteiger partial charge in [0.15, 0.2) is 0 Å². The smallest absolute Gasteiger partial charge is 0.0785 e. The van der Waals surface area contributed by atoms with E-state index >= 15 is 0 Å². The normalized spacial score (nSPS) is 9.71. The highest BCUT2D eigenvalue weighted by molar-refractivity contribution is 6.15. The average molecular weight is 1240 g/mol. The Labute approximate surface area is 543 Å². The summed E-state index contributed by atoms with van der Waals surface area (Å²) >= 11 is 4.64. The molecule has 0 atom stereocenters. The van der Waals surface area contributed by atoms with Gasteiger partial charge in [-0.2, -0.15) is 0 Å². The number of aromatic nitrogens is 7. The molecule has 14 rings (SSSR count). The minimum atomic E-state index is 0.500. The molecule has 8 N–H and O–H groups in total. The van der Waals surface area contributed by atoms with Crippen molar-refractivity contribution in [3.8, 4) is 0 Å². The molecule has 0 fully saturated rings. The summed E-state index contributed by atoms with van der Waals surface area (Å²) in [6.45, 7) is 42.0. The SMILES string of the molecule is CC.CC.CCC.CCl.CF.CO.Cc1[nH]c2ccccc2c1C.Cc1[nH]c2ccccc2c1C.Cc1[nH]c2ccccc2c1C.Cc1[nH]c2ccccc2c1C.Cc1[nH]c2ccccc2c1C.Cc1[nH]c2ccccc2c1C.Cc1[nH]c2ccccc2c1C. The summed E-state index contributed by atoms with van der Waals surface area (Å²) in [6.07, 6.45) is 2.72. The molecule has 0 aliphatic rings. The van der Waals surface area contributed by atoms with Crippen molar-refractivity contribution in [2.45, 2.75) is 145 Å². The van der Waals surface area contributed by atoms with Gasteiger partial charge in [0.1, 0.15) is 0 Å². The van der Waals surface area contributed by atoms with Gasteiger partial charge in [0, 0.05) is 130 Å². The van der Waals surface area contributed by atoms with Crippen LogP contribution < -0.4 is 0 Å². The Balaban J connectivity index is 0.000000347. The Morgan fingerprint density at radius 1 is 0.244 bits per heavy atom. The molecule has 7 aromatic carbocycles. The fraction of sp³-hybridized carbons (Fsp3) is 0.300. The molecule has 0 radical (unpaired) electrons. The number of aryl methyl sites for hydroxylation is 14. The van der Waals surface area contributed by atoms with Crippen LogP contribution in [-0.2, 0) is 0 Å². The maximum Gasteiger partial charge on any atom is 0.0785 e. The molecule has 7 aromatic heterocycles. The van der Waals surface area contributed by atoms with Gasteiger partial charge < -0.3 is 40.0 Å². The van der Waals surface area contributed by atoms with E-state index in [1.165, 1.54) is 168 Å². The maximum atomic E-state index is 9.50. The van der Waals surface area contributed by atoms with Crippen LogP contribution in [-0.4, -0.2) is 60.7 Å². The van der Waals surface area contributed by atoms with Crippen LogP contribution >= 0.6 is 11.6 Å². The van der Waals surface area contributed by atoms with Gasteiger partial charge in [0.25, 0.3) is 0 Å². The van der Waals surface area contributed by atoms with Crippen molar-refractivity contribution in [3.63, 3.8) is 0 Å². The van der Waals surface area contributed by atoms with Gasteiger partial charge in [0.2, 0.25) is 0 Å². The zero-order valence-corrected chi connectivity index (χ0v) is 59.3. The molecule has 0 unspecified atom stereocenters. The lowest BCUT2D eigenvalue weighted by Crippen LogP contribution is -1.70. The number of fused-ring (bicyclic) bond motifs is 7. The molecule has 482 valence electrons. The number of hydrogen-bond donors (Lipinski definition) is 8. The van der Waals surface area contributed by atoms with E-state index < -0.39 is 0 Å². The Morgan fingerprint density at radius 2 is 0.333 bits per heavy atom. The van der Waals surface area contributed by atoms with E-state index in [0.29, 0.717) is 7.18 Å². The third kappa shape index (κ3) is 21.1. The number of halogens is 2. The van der Waals surface area contributed by atoms with Crippen molar-refractivity contribution < 1.29 is 9.50 Å². The van der Waals surface area contributed by atoms with Crippen molar-refractivity contribution >= 4 is 87.9 Å². The first-order valence-electron chi connectivity index (χ1n) is 31.4. The summed E-state index contributed by atoms with van der Waals surface area (Å²) in [5.74, 6) is 0. The van der Waals surface area contributed by atoms with Gasteiger partial charge in [-0.05, 0) is 178 Å². The van der Waals surface area contributed by atoms with Crippen molar-refractivity contribution in [2.75, 3.05) is 20.7 Å². The van der Waals surface area contributed by atoms with E-state index in [9.17, 15) is 4.39 Å². The van der Waals surface area contributed by atoms with E-state index in [0.717, 1.165) is 7.11 Å². The first-order valence-corrected chi connectivity index (χ1v) is 32.2. The average Bonchev–Trinajstić information content (AvgIpc) is 3.17. The number of hydrogen-bond acceptors (Lipinski definition) is 1. The van der Waals surface area contributed by atoms with Crippen LogP contribution in [0.25, 0.3) is 76.3 Å². The maximum absolute atomic E-state index is 9.50. The van der Waals surface area contributed by atoms with Gasteiger partial charge in [-0.25, -0.2) is 0 Å². The van der Waals surface area contributed by atoms with E-state index in [2.05, 4.69) is 327 Å². The van der Waals surface area contributed by atoms with Crippen LogP contribution in [0.4, 0.5) is 4.39 Å². The third-order valence-electron chi connectivity index (χ3n) is 15.5. The molecular weight excluding hydrogens is 1130 g/mol. The van der Waals surface area contributed by atoms with Crippen LogP contribution in [0, 0.1) is 96.9 Å². The van der Waals surface area contributed by atoms with E-state index in [4.69, 9.17) is 5.11 Å². The fourth-order valence-electron chi connectivity index (χ4n) is 9.92. The lowest BCUT2D eigenvalue weighted by Gasteiger charge is -1.87. The molecule has 7 heterocycles. The molecular formula is C80H107ClFN7O. The van der Waals surface area contributed by atoms with Crippen molar-refractivity contribution in [1.29, 1.82) is 0 Å². The highest BCUT2D eigenvalue weighted by atomic mass is 35.5. The van der Waals surface area contributed by atoms with Crippen LogP contribution in [0.5, 0.6) is 0 Å². The first-order chi connectivity index (χ1) is 43.4. The van der Waals surface area contributed by atoms with Gasteiger partial charge in [-0.15, -0.1) is 11.6 Å². The Bertz CT molecular complexity index is 3500. The van der Waals surface area contributed by atoms with Crippen LogP contribution in [0.1, 0.15) is 127 Å². The number of alkyl halides is 2. The molecule has 10 heteroatoms. The Hall–Kier alpha value is -8.50. The van der Waals surface area contributed by atoms with Gasteiger partial charge in [-0.1, -0.05) is 175 Å². The molecule has 0 bridgehead atoms. The summed E-state index contributed by atoms with van der Waals surface area (Å²) in [5.41, 5.74) is 27.1. The number of benzene rings is 7. The summed E-state index contributed by atoms with van der Waals surface area (Å²) in [6, 6.07) is 58.7. The largest absolute Gasteiger partial charge is 0.400 e. The molecule has 0 aliphatic carbocycles. The third-order valence-corrected chi connectivity index (χ3v) is 15.5. The predicted octanol–water partition coefficient (Wildman–Crippen LogP) is 24.0. The molecule has 0 amide bonds. The minimum absolute atomic E-state index is 0.500. The Kier molecular flexibility index (Phi) is 35.3. The molecule has 0 saturated carbocycles. The van der Waals surface area contributed by atoms with Gasteiger partial charge >= 0.3 is 0 Å². The van der Waals surface area contributed by atoms with Crippen LogP contribution in [0.3, 0.4) is 0 Å². The molecule has 8 nitrogen and oxygen atoms in total. The highest BCUT2D eigenvalue weighted by Crippen LogP contribution is 2.25. The molecule has 0 saturated heterocycles. The lowest BCUT2D eigenvalue weighted by atomic mass is 10.2. The summed E-state index contributed by atoms with van der Waals surface area (Å²) < 4.78 is 9.50. The van der Waals surface area contributed by atoms with E-state index in [1.807, 2.05) is 27.7 Å². The highest BCUT2D eigenvalue weighted by Gasteiger charge is 2.06. The summed E-state index contributed by atoms with van der Waals surface area (Å²) in [5, 5.41) is 16.4. The number of para-hydroxylation sites is 7. The summed E-state index contributed by atoms with van der Waals surface area (Å²) in [7, 11) is 1.50. The second-order valence-electron chi connectivity index (χ2n) is 21.2. The van der Waals surface area contributed by atoms with Gasteiger partial charge in [-0.3, -0.25) is 4.39 Å². The summed E-state index contributed by atoms with van der Waals surface area (Å²) in [4.78, 5) is 23.3. The van der Waals surface area contributed by atoms with Crippen molar-refractivity contribution in [1.82, 2.24) is 34.9 Å². The molecule has 0 spiro atoms. The second kappa shape index (κ2) is 40.9. The quantitative estimate of drug-likeness (QED) is 0.0707. The van der Waals surface area contributed by atoms with Crippen LogP contribution in [0.15, 0.2) is 170 Å². The minimum Gasteiger partial charge on any atom is -0.400 e. The second-order valence-corrected chi connectivity index (χ2v) is 21.2. The topological polar surface area (TPSA) is 131 Å². The molecule has 0 aliphatic heterocycles. The molecule has 90 heavy (non-hydrogen) atoms. The number of aromatic amines is 7. The monoisotopic (exact) mass is 1240 g/mol. The van der Waals surface area contributed by atoms with Crippen LogP contribution in [0.2, 0.25) is 0 Å². The number of nitrogens with one attached hydrogen (secondary N) is 7. The zero-order valence-electron chi connectivity index (χ0n) is 58.6. The van der Waals surface area contributed by atoms with Gasteiger partial charge in [0.05, 0.1) is 7.18 Å². The fourth-order valence-corrected chi connectivity index (χ4v) is 9.92. The number of H-pyrrole nitrogens is 7. The Morgan fingerprint density at radius 3 is 0.422 bits per heavy atom. The zero-order chi connectivity index (χ0) is 67.6.